The second-order valence-electron chi connectivity index (χ2n) is 4.31. The Kier molecular flexibility index (Phi) is 4.56. The molecule has 0 fully saturated rings. The Balaban J connectivity index is 0.000000133. The van der Waals surface area contributed by atoms with E-state index in [4.69, 9.17) is 0 Å². The standard InChI is InChI=1S/2C9H7.Co/c2*1-2-5-9-7-3-6-8(9)4-1;/h2*1-7H;/q2*-1;+3. The summed E-state index contributed by atoms with van der Waals surface area (Å²) in [5.74, 6) is 0. The molecular formula is C18H14Co+. The molecule has 0 aliphatic heterocycles. The predicted octanol–water partition coefficient (Wildman–Crippen LogP) is 5.11. The fourth-order valence-corrected chi connectivity index (χ4v) is 2.14. The van der Waals surface area contributed by atoms with Gasteiger partial charge < -0.3 is 0 Å². The maximum absolute atomic E-state index is 2.12. The van der Waals surface area contributed by atoms with Crippen molar-refractivity contribution in [2.75, 3.05) is 0 Å². The first-order valence-electron chi connectivity index (χ1n) is 6.14. The molecule has 1 heteroatoms. The second kappa shape index (κ2) is 6.37. The summed E-state index contributed by atoms with van der Waals surface area (Å²) < 4.78 is 0. The van der Waals surface area contributed by atoms with Crippen molar-refractivity contribution in [2.45, 2.75) is 0 Å². The molecule has 0 unspecified atom stereocenters. The number of rotatable bonds is 0. The molecule has 0 aliphatic rings. The zero-order valence-electron chi connectivity index (χ0n) is 10.4. The van der Waals surface area contributed by atoms with Crippen LogP contribution < -0.4 is 0 Å². The molecule has 0 atom stereocenters. The summed E-state index contributed by atoms with van der Waals surface area (Å²) in [7, 11) is 0. The summed E-state index contributed by atoms with van der Waals surface area (Å²) in [6.45, 7) is 0. The molecule has 0 N–H and O–H groups in total. The van der Waals surface area contributed by atoms with Crippen LogP contribution in [0.5, 0.6) is 0 Å². The molecule has 0 aliphatic carbocycles. The maximum atomic E-state index is 2.12. The minimum absolute atomic E-state index is 0. The summed E-state index contributed by atoms with van der Waals surface area (Å²) in [6, 6.07) is 29.3. The first-order valence-corrected chi connectivity index (χ1v) is 6.14. The first-order chi connectivity index (χ1) is 8.93. The largest absolute Gasteiger partial charge is 3.00 e. The van der Waals surface area contributed by atoms with Crippen molar-refractivity contribution in [3.63, 3.8) is 0 Å². The molecule has 0 heterocycles. The smallest absolute Gasteiger partial charge is 0.168 e. The van der Waals surface area contributed by atoms with Crippen molar-refractivity contribution in [1.82, 2.24) is 0 Å². The molecule has 4 rings (SSSR count). The van der Waals surface area contributed by atoms with E-state index in [2.05, 4.69) is 84.9 Å². The van der Waals surface area contributed by atoms with Gasteiger partial charge in [0.15, 0.2) is 0 Å². The SMILES string of the molecule is [Co+3].c1ccc2[cH-]ccc2c1.c1ccc2[cH-]ccc2c1. The van der Waals surface area contributed by atoms with Crippen molar-refractivity contribution >= 4 is 21.5 Å². The van der Waals surface area contributed by atoms with Crippen LogP contribution in [-0.2, 0) is 16.8 Å². The van der Waals surface area contributed by atoms with Gasteiger partial charge in [-0.05, 0) is 0 Å². The molecule has 0 nitrogen and oxygen atoms in total. The molecular weight excluding hydrogens is 275 g/mol. The van der Waals surface area contributed by atoms with E-state index in [1.54, 1.807) is 0 Å². The molecule has 0 radical (unpaired) electrons. The predicted molar refractivity (Wildman–Crippen MR) is 79.1 cm³/mol. The van der Waals surface area contributed by atoms with Crippen molar-refractivity contribution < 1.29 is 16.8 Å². The van der Waals surface area contributed by atoms with Crippen LogP contribution in [0.3, 0.4) is 0 Å². The van der Waals surface area contributed by atoms with Crippen molar-refractivity contribution in [3.8, 4) is 0 Å². The molecule has 0 saturated carbocycles. The van der Waals surface area contributed by atoms with Crippen molar-refractivity contribution in [1.29, 1.82) is 0 Å². The summed E-state index contributed by atoms with van der Waals surface area (Å²) in [4.78, 5) is 0. The van der Waals surface area contributed by atoms with Crippen LogP contribution in [-0.4, -0.2) is 0 Å². The number of benzene rings is 2. The first kappa shape index (κ1) is 13.6. The minimum atomic E-state index is 0. The number of fused-ring (bicyclic) bond motifs is 2. The molecule has 0 bridgehead atoms. The van der Waals surface area contributed by atoms with E-state index < -0.39 is 0 Å². The summed E-state index contributed by atoms with van der Waals surface area (Å²) >= 11 is 0. The van der Waals surface area contributed by atoms with E-state index >= 15 is 0 Å². The van der Waals surface area contributed by atoms with Crippen LogP contribution >= 0.6 is 0 Å². The molecule has 94 valence electrons. The summed E-state index contributed by atoms with van der Waals surface area (Å²) in [6.07, 6.45) is 0. The van der Waals surface area contributed by atoms with E-state index in [9.17, 15) is 0 Å². The third-order valence-corrected chi connectivity index (χ3v) is 3.10. The maximum Gasteiger partial charge on any atom is 3.00 e. The van der Waals surface area contributed by atoms with Crippen molar-refractivity contribution in [2.24, 2.45) is 0 Å². The van der Waals surface area contributed by atoms with Gasteiger partial charge in [0, 0.05) is 0 Å². The number of hydrogen-bond donors (Lipinski definition) is 0. The van der Waals surface area contributed by atoms with E-state index in [1.165, 1.54) is 21.5 Å². The van der Waals surface area contributed by atoms with Gasteiger partial charge in [0.25, 0.3) is 0 Å². The van der Waals surface area contributed by atoms with E-state index in [0.717, 1.165) is 0 Å². The fraction of sp³-hybridized carbons (Fsp3) is 0. The Morgan fingerprint density at radius 2 is 0.947 bits per heavy atom. The van der Waals surface area contributed by atoms with Crippen LogP contribution in [0.4, 0.5) is 0 Å². The summed E-state index contributed by atoms with van der Waals surface area (Å²) in [5.41, 5.74) is 0. The van der Waals surface area contributed by atoms with Gasteiger partial charge in [0.1, 0.15) is 0 Å². The molecule has 0 saturated heterocycles. The molecule has 0 aromatic heterocycles. The van der Waals surface area contributed by atoms with Crippen LogP contribution in [0, 0.1) is 0 Å². The molecule has 0 spiro atoms. The Morgan fingerprint density at radius 3 is 1.37 bits per heavy atom. The normalized spacial score (nSPS) is 9.68. The van der Waals surface area contributed by atoms with Gasteiger partial charge >= 0.3 is 16.8 Å². The minimum Gasteiger partial charge on any atom is -0.168 e. The average Bonchev–Trinajstić information content (AvgIpc) is 3.08. The molecule has 19 heavy (non-hydrogen) atoms. The topological polar surface area (TPSA) is 0 Å². The molecule has 4 aromatic carbocycles. The van der Waals surface area contributed by atoms with Gasteiger partial charge in [0.2, 0.25) is 0 Å². The van der Waals surface area contributed by atoms with Gasteiger partial charge in [-0.2, -0.15) is 35.0 Å². The van der Waals surface area contributed by atoms with Gasteiger partial charge in [-0.3, -0.25) is 0 Å². The second-order valence-corrected chi connectivity index (χ2v) is 4.31. The van der Waals surface area contributed by atoms with Gasteiger partial charge in [-0.25, -0.2) is 0 Å². The van der Waals surface area contributed by atoms with Gasteiger partial charge in [-0.15, -0.1) is 59.3 Å². The van der Waals surface area contributed by atoms with E-state index in [0.29, 0.717) is 0 Å². The molecule has 0 amide bonds. The van der Waals surface area contributed by atoms with Gasteiger partial charge in [0.05, 0.1) is 0 Å². The van der Waals surface area contributed by atoms with Gasteiger partial charge in [-0.1, -0.05) is 12.1 Å². The quantitative estimate of drug-likeness (QED) is 0.394. The van der Waals surface area contributed by atoms with Crippen LogP contribution in [0.15, 0.2) is 84.9 Å². The van der Waals surface area contributed by atoms with E-state index in [1.807, 2.05) is 0 Å². The van der Waals surface area contributed by atoms with Crippen LogP contribution in [0.25, 0.3) is 21.5 Å². The Morgan fingerprint density at radius 1 is 0.526 bits per heavy atom. The number of hydrogen-bond acceptors (Lipinski definition) is 0. The summed E-state index contributed by atoms with van der Waals surface area (Å²) in [5, 5.41) is 5.32. The average molecular weight is 289 g/mol. The van der Waals surface area contributed by atoms with Crippen LogP contribution in [0.1, 0.15) is 0 Å². The Labute approximate surface area is 123 Å². The third-order valence-electron chi connectivity index (χ3n) is 3.10. The molecule has 4 aromatic rings. The van der Waals surface area contributed by atoms with Crippen molar-refractivity contribution in [3.05, 3.63) is 84.9 Å². The zero-order valence-corrected chi connectivity index (χ0v) is 11.5. The van der Waals surface area contributed by atoms with Crippen LogP contribution in [0.2, 0.25) is 0 Å². The third kappa shape index (κ3) is 3.14. The Hall–Kier alpha value is -1.83. The Bertz CT molecular complexity index is 620. The fourth-order valence-electron chi connectivity index (χ4n) is 2.14. The zero-order chi connectivity index (χ0) is 12.2. The monoisotopic (exact) mass is 289 g/mol. The van der Waals surface area contributed by atoms with E-state index in [-0.39, 0.29) is 16.8 Å².